The van der Waals surface area contributed by atoms with Crippen LogP contribution >= 0.6 is 0 Å². The summed E-state index contributed by atoms with van der Waals surface area (Å²) in [5, 5.41) is 9.27. The van der Waals surface area contributed by atoms with Crippen LogP contribution in [0.5, 0.6) is 0 Å². The second-order valence-electron chi connectivity index (χ2n) is 4.26. The van der Waals surface area contributed by atoms with E-state index in [0.717, 1.165) is 11.3 Å². The first-order valence-electron chi connectivity index (χ1n) is 6.04. The second-order valence-corrected chi connectivity index (χ2v) is 4.26. The maximum atomic E-state index is 9.27. The molecule has 3 aromatic rings. The number of nitrogen functional groups attached to an aromatic ring is 1. The first-order chi connectivity index (χ1) is 9.78. The Morgan fingerprint density at radius 1 is 1.10 bits per heavy atom. The molecule has 0 atom stereocenters. The number of rotatable bonds is 2. The van der Waals surface area contributed by atoms with E-state index in [2.05, 4.69) is 16.0 Å². The lowest BCUT2D eigenvalue weighted by Gasteiger charge is -2.03. The molecule has 0 unspecified atom stereocenters. The summed E-state index contributed by atoms with van der Waals surface area (Å²) in [5.41, 5.74) is 8.67. The van der Waals surface area contributed by atoms with Gasteiger partial charge < -0.3 is 10.3 Å². The number of hydrogen-bond donors (Lipinski definition) is 1. The Balaban J connectivity index is 2.13. The maximum Gasteiger partial charge on any atom is 0.127 e. The van der Waals surface area contributed by atoms with Crippen molar-refractivity contribution < 1.29 is 0 Å². The molecule has 2 aromatic heterocycles. The highest BCUT2D eigenvalue weighted by atomic mass is 15.0. The van der Waals surface area contributed by atoms with Crippen molar-refractivity contribution in [1.29, 1.82) is 5.26 Å². The quantitative estimate of drug-likeness (QED) is 0.768. The van der Waals surface area contributed by atoms with Gasteiger partial charge in [-0.25, -0.2) is 9.97 Å². The van der Waals surface area contributed by atoms with Gasteiger partial charge in [0.15, 0.2) is 0 Å². The summed E-state index contributed by atoms with van der Waals surface area (Å²) < 4.78 is 1.83. The maximum absolute atomic E-state index is 9.27. The summed E-state index contributed by atoms with van der Waals surface area (Å²) in [5.74, 6) is 0.404. The molecule has 96 valence electrons. The smallest absolute Gasteiger partial charge is 0.127 e. The van der Waals surface area contributed by atoms with Crippen LogP contribution in [0.3, 0.4) is 0 Å². The number of nitrogens with zero attached hydrogens (tertiary/aromatic N) is 4. The predicted octanol–water partition coefficient (Wildman–Crippen LogP) is 2.39. The van der Waals surface area contributed by atoms with Crippen LogP contribution in [0.1, 0.15) is 5.69 Å². The second kappa shape index (κ2) is 4.86. The Labute approximate surface area is 116 Å². The summed E-state index contributed by atoms with van der Waals surface area (Å²) >= 11 is 0. The Hall–Kier alpha value is -3.13. The van der Waals surface area contributed by atoms with Crippen molar-refractivity contribution in [2.24, 2.45) is 0 Å². The first-order valence-corrected chi connectivity index (χ1v) is 6.04. The highest BCUT2D eigenvalue weighted by molar-refractivity contribution is 5.64. The number of anilines is 1. The van der Waals surface area contributed by atoms with Gasteiger partial charge in [-0.05, 0) is 18.2 Å². The van der Waals surface area contributed by atoms with E-state index in [4.69, 9.17) is 5.73 Å². The highest BCUT2D eigenvalue weighted by Gasteiger charge is 2.10. The molecule has 0 saturated heterocycles. The predicted molar refractivity (Wildman–Crippen MR) is 75.9 cm³/mol. The molecule has 5 heteroatoms. The molecule has 0 spiro atoms. The third-order valence-corrected chi connectivity index (χ3v) is 2.95. The molecule has 2 heterocycles. The Morgan fingerprint density at radius 3 is 2.60 bits per heavy atom. The van der Waals surface area contributed by atoms with Gasteiger partial charge in [0.25, 0.3) is 0 Å². The minimum absolute atomic E-state index is 0.404. The number of nitrogens with two attached hydrogens (primary N) is 1. The van der Waals surface area contributed by atoms with Crippen molar-refractivity contribution in [3.63, 3.8) is 0 Å². The van der Waals surface area contributed by atoms with Crippen LogP contribution < -0.4 is 5.73 Å². The lowest BCUT2D eigenvalue weighted by atomic mass is 10.2. The topological polar surface area (TPSA) is 80.5 Å². The van der Waals surface area contributed by atoms with Gasteiger partial charge in [-0.15, -0.1) is 0 Å². The highest BCUT2D eigenvalue weighted by Crippen LogP contribution is 2.23. The molecule has 0 bridgehead atoms. The molecular formula is C15H11N5. The number of benzene rings is 1. The van der Waals surface area contributed by atoms with E-state index in [0.29, 0.717) is 17.2 Å². The van der Waals surface area contributed by atoms with Gasteiger partial charge in [0.1, 0.15) is 23.9 Å². The molecule has 0 aliphatic rings. The lowest BCUT2D eigenvalue weighted by molar-refractivity contribution is 1.05. The van der Waals surface area contributed by atoms with Crippen LogP contribution in [-0.2, 0) is 0 Å². The van der Waals surface area contributed by atoms with E-state index in [1.54, 1.807) is 12.1 Å². The normalized spacial score (nSPS) is 10.2. The monoisotopic (exact) mass is 261 g/mol. The summed E-state index contributed by atoms with van der Waals surface area (Å²) in [6, 6.07) is 15.3. The molecule has 0 aliphatic carbocycles. The van der Waals surface area contributed by atoms with Gasteiger partial charge in [-0.1, -0.05) is 18.2 Å². The fraction of sp³-hybridized carbons (Fsp3) is 0. The fourth-order valence-corrected chi connectivity index (χ4v) is 2.02. The molecule has 0 amide bonds. The van der Waals surface area contributed by atoms with Crippen LogP contribution in [0, 0.1) is 11.3 Å². The Bertz CT molecular complexity index is 784. The van der Waals surface area contributed by atoms with Gasteiger partial charge in [0.05, 0.1) is 5.69 Å². The Kier molecular flexibility index (Phi) is 2.90. The van der Waals surface area contributed by atoms with Crippen molar-refractivity contribution >= 4 is 5.82 Å². The first kappa shape index (κ1) is 11.9. The number of nitriles is 1. The van der Waals surface area contributed by atoms with Crippen molar-refractivity contribution in [3.8, 4) is 23.0 Å². The SMILES string of the molecule is N#Cc1cc(-c2cc(N)ncn2)cn1-c1ccccc1. The van der Waals surface area contributed by atoms with Gasteiger partial charge >= 0.3 is 0 Å². The van der Waals surface area contributed by atoms with Gasteiger partial charge in [0, 0.05) is 23.5 Å². The summed E-state index contributed by atoms with van der Waals surface area (Å²) in [6.45, 7) is 0. The Morgan fingerprint density at radius 2 is 1.90 bits per heavy atom. The zero-order chi connectivity index (χ0) is 13.9. The third kappa shape index (κ3) is 2.10. The average molecular weight is 261 g/mol. The molecular weight excluding hydrogens is 250 g/mol. The van der Waals surface area contributed by atoms with E-state index in [-0.39, 0.29) is 0 Å². The third-order valence-electron chi connectivity index (χ3n) is 2.95. The molecule has 0 saturated carbocycles. The van der Waals surface area contributed by atoms with Crippen LogP contribution in [0.2, 0.25) is 0 Å². The molecule has 0 aliphatic heterocycles. The standard InChI is InChI=1S/C15H11N5/c16-8-13-6-11(14-7-15(17)19-10-18-14)9-20(13)12-4-2-1-3-5-12/h1-7,9-10H,(H2,17,18,19). The summed E-state index contributed by atoms with van der Waals surface area (Å²) in [6.07, 6.45) is 3.28. The van der Waals surface area contributed by atoms with Gasteiger partial charge in [-0.2, -0.15) is 5.26 Å². The molecule has 20 heavy (non-hydrogen) atoms. The van der Waals surface area contributed by atoms with E-state index < -0.39 is 0 Å². The van der Waals surface area contributed by atoms with E-state index in [1.807, 2.05) is 41.1 Å². The number of hydrogen-bond acceptors (Lipinski definition) is 4. The van der Waals surface area contributed by atoms with Crippen LogP contribution in [0.25, 0.3) is 16.9 Å². The molecule has 3 rings (SSSR count). The van der Waals surface area contributed by atoms with Gasteiger partial charge in [-0.3, -0.25) is 0 Å². The molecule has 2 N–H and O–H groups in total. The molecule has 5 nitrogen and oxygen atoms in total. The van der Waals surface area contributed by atoms with Crippen molar-refractivity contribution in [1.82, 2.24) is 14.5 Å². The van der Waals surface area contributed by atoms with Gasteiger partial charge in [0.2, 0.25) is 0 Å². The minimum atomic E-state index is 0.404. The fourth-order valence-electron chi connectivity index (χ4n) is 2.02. The molecule has 0 fully saturated rings. The van der Waals surface area contributed by atoms with Crippen molar-refractivity contribution in [2.75, 3.05) is 5.73 Å². The summed E-state index contributed by atoms with van der Waals surface area (Å²) in [4.78, 5) is 8.05. The van der Waals surface area contributed by atoms with E-state index >= 15 is 0 Å². The summed E-state index contributed by atoms with van der Waals surface area (Å²) in [7, 11) is 0. The largest absolute Gasteiger partial charge is 0.384 e. The van der Waals surface area contributed by atoms with Crippen molar-refractivity contribution in [3.05, 3.63) is 60.7 Å². The molecule has 0 radical (unpaired) electrons. The van der Waals surface area contributed by atoms with E-state index in [1.165, 1.54) is 6.33 Å². The molecule has 1 aromatic carbocycles. The van der Waals surface area contributed by atoms with Crippen LogP contribution in [0.15, 0.2) is 55.0 Å². The number of aromatic nitrogens is 3. The zero-order valence-corrected chi connectivity index (χ0v) is 10.6. The number of para-hydroxylation sites is 1. The van der Waals surface area contributed by atoms with Crippen molar-refractivity contribution in [2.45, 2.75) is 0 Å². The average Bonchev–Trinajstić information content (AvgIpc) is 2.92. The zero-order valence-electron chi connectivity index (χ0n) is 10.6. The minimum Gasteiger partial charge on any atom is -0.384 e. The van der Waals surface area contributed by atoms with Crippen LogP contribution in [-0.4, -0.2) is 14.5 Å². The van der Waals surface area contributed by atoms with Crippen LogP contribution in [0.4, 0.5) is 5.82 Å². The van der Waals surface area contributed by atoms with E-state index in [9.17, 15) is 5.26 Å². The lowest BCUT2D eigenvalue weighted by Crippen LogP contribution is -1.94.